The quantitative estimate of drug-likeness (QED) is 0.320. The Balaban J connectivity index is 0.00000341. The van der Waals surface area contributed by atoms with Crippen molar-refractivity contribution in [2.45, 2.75) is 33.9 Å². The largest absolute Gasteiger partial charge is 0.357 e. The molecule has 0 radical (unpaired) electrons. The van der Waals surface area contributed by atoms with Crippen LogP contribution < -0.4 is 15.5 Å². The summed E-state index contributed by atoms with van der Waals surface area (Å²) in [6, 6.07) is 9.47. The summed E-state index contributed by atoms with van der Waals surface area (Å²) in [5.41, 5.74) is 2.60. The third-order valence-corrected chi connectivity index (χ3v) is 5.41. The molecule has 0 saturated carbocycles. The molecule has 1 fully saturated rings. The molecule has 2 heterocycles. The minimum Gasteiger partial charge on any atom is -0.357 e. The Labute approximate surface area is 202 Å². The predicted octanol–water partition coefficient (Wildman–Crippen LogP) is 3.54. The lowest BCUT2D eigenvalue weighted by Crippen LogP contribution is -2.46. The Morgan fingerprint density at radius 2 is 1.81 bits per heavy atom. The van der Waals surface area contributed by atoms with Gasteiger partial charge in [0.2, 0.25) is 0 Å². The van der Waals surface area contributed by atoms with Crippen LogP contribution in [0.15, 0.2) is 41.5 Å². The number of piperazine rings is 1. The van der Waals surface area contributed by atoms with Crippen LogP contribution in [0.4, 0.5) is 10.2 Å². The van der Waals surface area contributed by atoms with Gasteiger partial charge in [0.1, 0.15) is 11.6 Å². The zero-order chi connectivity index (χ0) is 21.3. The third kappa shape index (κ3) is 7.60. The number of aromatic nitrogens is 1. The number of benzene rings is 1. The number of rotatable bonds is 7. The van der Waals surface area contributed by atoms with Gasteiger partial charge in [0, 0.05) is 45.5 Å². The Morgan fingerprint density at radius 3 is 2.42 bits per heavy atom. The fourth-order valence-electron chi connectivity index (χ4n) is 3.43. The average molecular weight is 540 g/mol. The van der Waals surface area contributed by atoms with Gasteiger partial charge in [0.05, 0.1) is 6.54 Å². The first-order valence-corrected chi connectivity index (χ1v) is 10.8. The Hall–Kier alpha value is -1.94. The Kier molecular flexibility index (Phi) is 10.5. The lowest BCUT2D eigenvalue weighted by atomic mass is 10.1. The van der Waals surface area contributed by atoms with Gasteiger partial charge in [-0.05, 0) is 49.2 Å². The molecule has 0 aliphatic carbocycles. The summed E-state index contributed by atoms with van der Waals surface area (Å²) in [5.74, 6) is 1.56. The molecule has 0 amide bonds. The number of anilines is 1. The van der Waals surface area contributed by atoms with Crippen LogP contribution in [0.25, 0.3) is 0 Å². The molecular formula is C23H34FIN6. The highest BCUT2D eigenvalue weighted by Crippen LogP contribution is 2.14. The summed E-state index contributed by atoms with van der Waals surface area (Å²) in [6.45, 7) is 13.1. The minimum absolute atomic E-state index is 0. The smallest absolute Gasteiger partial charge is 0.191 e. The van der Waals surface area contributed by atoms with E-state index in [2.05, 4.69) is 49.5 Å². The van der Waals surface area contributed by atoms with Crippen molar-refractivity contribution in [3.8, 4) is 0 Å². The molecule has 1 aromatic heterocycles. The van der Waals surface area contributed by atoms with Gasteiger partial charge in [-0.2, -0.15) is 0 Å². The molecule has 31 heavy (non-hydrogen) atoms. The van der Waals surface area contributed by atoms with Crippen LogP contribution in [0, 0.1) is 12.7 Å². The number of pyridine rings is 1. The van der Waals surface area contributed by atoms with Crippen molar-refractivity contribution >= 4 is 35.8 Å². The van der Waals surface area contributed by atoms with E-state index in [0.717, 1.165) is 56.2 Å². The molecular weight excluding hydrogens is 506 g/mol. The number of nitrogens with one attached hydrogen (secondary N) is 2. The van der Waals surface area contributed by atoms with Crippen LogP contribution >= 0.6 is 24.0 Å². The number of likely N-dealkylation sites (N-methyl/N-ethyl adjacent to an activating group) is 1. The summed E-state index contributed by atoms with van der Waals surface area (Å²) in [7, 11) is 0. The van der Waals surface area contributed by atoms with Gasteiger partial charge in [-0.15, -0.1) is 24.0 Å². The lowest BCUT2D eigenvalue weighted by Gasteiger charge is -2.34. The van der Waals surface area contributed by atoms with Gasteiger partial charge in [0.25, 0.3) is 0 Å². The summed E-state index contributed by atoms with van der Waals surface area (Å²) >= 11 is 0. The second-order valence-corrected chi connectivity index (χ2v) is 7.58. The fourth-order valence-corrected chi connectivity index (χ4v) is 3.43. The number of nitrogens with zero attached hydrogens (tertiary/aromatic N) is 4. The maximum absolute atomic E-state index is 13.7. The maximum atomic E-state index is 13.7. The summed E-state index contributed by atoms with van der Waals surface area (Å²) in [5, 5.41) is 6.50. The average Bonchev–Trinajstić information content (AvgIpc) is 2.78. The van der Waals surface area contributed by atoms with Crippen LogP contribution in [0.2, 0.25) is 0 Å². The zero-order valence-electron chi connectivity index (χ0n) is 18.7. The first-order valence-electron chi connectivity index (χ1n) is 10.8. The number of guanidine groups is 1. The van der Waals surface area contributed by atoms with Gasteiger partial charge < -0.3 is 20.4 Å². The molecule has 0 bridgehead atoms. The van der Waals surface area contributed by atoms with Crippen molar-refractivity contribution in [2.24, 2.45) is 4.99 Å². The SMILES string of the molecule is CCNC(=NCc1ccc(N2CCN(CC)CC2)nc1)NCc1ccc(C)c(F)c1.I. The van der Waals surface area contributed by atoms with Crippen molar-refractivity contribution in [2.75, 3.05) is 44.2 Å². The molecule has 6 nitrogen and oxygen atoms in total. The Morgan fingerprint density at radius 1 is 1.06 bits per heavy atom. The van der Waals surface area contributed by atoms with Crippen molar-refractivity contribution in [1.82, 2.24) is 20.5 Å². The predicted molar refractivity (Wildman–Crippen MR) is 137 cm³/mol. The molecule has 0 atom stereocenters. The van der Waals surface area contributed by atoms with E-state index in [1.54, 1.807) is 19.1 Å². The maximum Gasteiger partial charge on any atom is 0.191 e. The molecule has 1 aromatic carbocycles. The molecule has 8 heteroatoms. The molecule has 0 spiro atoms. The van der Waals surface area contributed by atoms with Crippen molar-refractivity contribution in [1.29, 1.82) is 0 Å². The standard InChI is InChI=1S/C23H33FN6.HI/c1-4-25-23(27-15-19-7-6-18(3)21(24)14-19)28-17-20-8-9-22(26-16-20)30-12-10-29(5-2)11-13-30;/h6-9,14,16H,4-5,10-13,15,17H2,1-3H3,(H2,25,27,28);1H. The minimum atomic E-state index is -0.182. The van der Waals surface area contributed by atoms with Gasteiger partial charge in [-0.1, -0.05) is 25.1 Å². The van der Waals surface area contributed by atoms with Crippen LogP contribution in [-0.4, -0.2) is 55.1 Å². The second-order valence-electron chi connectivity index (χ2n) is 7.58. The first-order chi connectivity index (χ1) is 14.6. The normalized spacial score (nSPS) is 14.8. The van der Waals surface area contributed by atoms with Crippen LogP contribution in [0.1, 0.15) is 30.5 Å². The van der Waals surface area contributed by atoms with Crippen molar-refractivity contribution < 1.29 is 4.39 Å². The molecule has 2 N–H and O–H groups in total. The molecule has 2 aromatic rings. The first kappa shape index (κ1) is 25.3. The summed E-state index contributed by atoms with van der Waals surface area (Å²) in [6.07, 6.45) is 1.91. The number of halogens is 2. The molecule has 170 valence electrons. The van der Waals surface area contributed by atoms with Crippen molar-refractivity contribution in [3.63, 3.8) is 0 Å². The highest BCUT2D eigenvalue weighted by molar-refractivity contribution is 14.0. The second kappa shape index (κ2) is 12.8. The van der Waals surface area contributed by atoms with E-state index in [4.69, 9.17) is 0 Å². The molecule has 1 aliphatic rings. The Bertz CT molecular complexity index is 834. The van der Waals surface area contributed by atoms with E-state index in [1.807, 2.05) is 19.2 Å². The van der Waals surface area contributed by atoms with E-state index in [1.165, 1.54) is 0 Å². The van der Waals surface area contributed by atoms with Crippen molar-refractivity contribution in [3.05, 3.63) is 59.0 Å². The number of aliphatic imine (C=N–C) groups is 1. The summed E-state index contributed by atoms with van der Waals surface area (Å²) in [4.78, 5) is 14.1. The van der Waals surface area contributed by atoms with E-state index in [-0.39, 0.29) is 29.8 Å². The topological polar surface area (TPSA) is 55.8 Å². The highest BCUT2D eigenvalue weighted by Gasteiger charge is 2.16. The monoisotopic (exact) mass is 540 g/mol. The molecule has 0 unspecified atom stereocenters. The van der Waals surface area contributed by atoms with Gasteiger partial charge >= 0.3 is 0 Å². The van der Waals surface area contributed by atoms with Crippen LogP contribution in [0.3, 0.4) is 0 Å². The molecule has 3 rings (SSSR count). The van der Waals surface area contributed by atoms with Crippen LogP contribution in [-0.2, 0) is 13.1 Å². The van der Waals surface area contributed by atoms with E-state index >= 15 is 0 Å². The zero-order valence-corrected chi connectivity index (χ0v) is 21.0. The van der Waals surface area contributed by atoms with Crippen LogP contribution in [0.5, 0.6) is 0 Å². The van der Waals surface area contributed by atoms with Gasteiger partial charge in [0.15, 0.2) is 5.96 Å². The van der Waals surface area contributed by atoms with E-state index in [9.17, 15) is 4.39 Å². The lowest BCUT2D eigenvalue weighted by molar-refractivity contribution is 0.270. The fraction of sp³-hybridized carbons (Fsp3) is 0.478. The van der Waals surface area contributed by atoms with Gasteiger partial charge in [-0.25, -0.2) is 14.4 Å². The number of aryl methyl sites for hydroxylation is 1. The number of hydrogen-bond donors (Lipinski definition) is 2. The number of hydrogen-bond acceptors (Lipinski definition) is 4. The molecule has 1 saturated heterocycles. The molecule has 1 aliphatic heterocycles. The van der Waals surface area contributed by atoms with E-state index in [0.29, 0.717) is 24.6 Å². The highest BCUT2D eigenvalue weighted by atomic mass is 127. The van der Waals surface area contributed by atoms with Gasteiger partial charge in [-0.3, -0.25) is 0 Å². The van der Waals surface area contributed by atoms with E-state index < -0.39 is 0 Å². The third-order valence-electron chi connectivity index (χ3n) is 5.41. The summed E-state index contributed by atoms with van der Waals surface area (Å²) < 4.78 is 13.7.